The van der Waals surface area contributed by atoms with Gasteiger partial charge in [0, 0.05) is 33.6 Å². The maximum absolute atomic E-state index is 10.6. The van der Waals surface area contributed by atoms with Crippen LogP contribution in [0.4, 0.5) is 11.8 Å². The van der Waals surface area contributed by atoms with Crippen LogP contribution in [0, 0.1) is 18.3 Å². The van der Waals surface area contributed by atoms with E-state index in [1.165, 1.54) is 0 Å². The molecular formula is C26H30N6O2S. The summed E-state index contributed by atoms with van der Waals surface area (Å²) in [5.74, 6) is 2.29. The smallest absolute Gasteiger partial charge is 0.225 e. The zero-order valence-corrected chi connectivity index (χ0v) is 21.2. The number of aliphatic hydroxyl groups excluding tert-OH is 1. The van der Waals surface area contributed by atoms with Gasteiger partial charge in [-0.25, -0.2) is 9.97 Å². The van der Waals surface area contributed by atoms with Gasteiger partial charge in [0.2, 0.25) is 5.95 Å². The number of aryl methyl sites for hydroxylation is 2. The summed E-state index contributed by atoms with van der Waals surface area (Å²) in [6.45, 7) is 9.00. The van der Waals surface area contributed by atoms with Gasteiger partial charge in [0.15, 0.2) is 5.58 Å². The lowest BCUT2D eigenvalue weighted by molar-refractivity contribution is 0.172. The van der Waals surface area contributed by atoms with Crippen LogP contribution in [0.15, 0.2) is 34.3 Å². The van der Waals surface area contributed by atoms with E-state index in [9.17, 15) is 5.11 Å². The SMILES string of the molecule is CCc1cc2cc(-c3c(C)nc(NCc4nccs4)nc3NC3(C)CCC4C(O)C43C)oc2cn1. The number of pyridine rings is 1. The first-order chi connectivity index (χ1) is 16.8. The summed E-state index contributed by atoms with van der Waals surface area (Å²) < 4.78 is 6.25. The molecule has 3 N–H and O–H groups in total. The molecule has 8 nitrogen and oxygen atoms in total. The topological polar surface area (TPSA) is 109 Å². The van der Waals surface area contributed by atoms with E-state index in [2.05, 4.69) is 47.4 Å². The number of rotatable bonds is 7. The molecule has 0 aliphatic heterocycles. The van der Waals surface area contributed by atoms with Crippen molar-refractivity contribution in [3.63, 3.8) is 0 Å². The Labute approximate surface area is 208 Å². The summed E-state index contributed by atoms with van der Waals surface area (Å²) in [7, 11) is 0. The van der Waals surface area contributed by atoms with Crippen LogP contribution in [0.1, 0.15) is 50.0 Å². The van der Waals surface area contributed by atoms with E-state index in [1.54, 1.807) is 23.7 Å². The number of hydrogen-bond donors (Lipinski definition) is 3. The van der Waals surface area contributed by atoms with E-state index in [-0.39, 0.29) is 17.1 Å². The molecule has 2 fully saturated rings. The number of hydrogen-bond acceptors (Lipinski definition) is 9. The van der Waals surface area contributed by atoms with Crippen LogP contribution in [0.3, 0.4) is 0 Å². The molecule has 4 aromatic rings. The summed E-state index contributed by atoms with van der Waals surface area (Å²) in [5, 5.41) is 21.6. The lowest BCUT2D eigenvalue weighted by Gasteiger charge is -2.36. The second kappa shape index (κ2) is 7.99. The molecule has 4 aromatic heterocycles. The average molecular weight is 491 g/mol. The molecule has 4 unspecified atom stereocenters. The van der Waals surface area contributed by atoms with Crippen LogP contribution in [0.2, 0.25) is 0 Å². The lowest BCUT2D eigenvalue weighted by atomic mass is 9.84. The average Bonchev–Trinajstić information content (AvgIpc) is 3.33. The predicted octanol–water partition coefficient (Wildman–Crippen LogP) is 5.19. The second-order valence-corrected chi connectivity index (χ2v) is 11.1. The van der Waals surface area contributed by atoms with E-state index in [4.69, 9.17) is 14.4 Å². The van der Waals surface area contributed by atoms with Crippen LogP contribution < -0.4 is 10.6 Å². The Bertz CT molecular complexity index is 1400. The van der Waals surface area contributed by atoms with Gasteiger partial charge in [-0.05, 0) is 51.2 Å². The number of fused-ring (bicyclic) bond motifs is 2. The summed E-state index contributed by atoms with van der Waals surface area (Å²) in [6.07, 6.45) is 6.14. The highest BCUT2D eigenvalue weighted by Gasteiger charge is 2.73. The molecule has 0 bridgehead atoms. The molecule has 2 saturated carbocycles. The largest absolute Gasteiger partial charge is 0.454 e. The van der Waals surface area contributed by atoms with E-state index in [0.717, 1.165) is 52.2 Å². The van der Waals surface area contributed by atoms with Gasteiger partial charge in [-0.3, -0.25) is 4.98 Å². The number of furan rings is 1. The van der Waals surface area contributed by atoms with Crippen molar-refractivity contribution in [2.75, 3.05) is 10.6 Å². The third-order valence-corrected chi connectivity index (χ3v) is 9.02. The van der Waals surface area contributed by atoms with Crippen molar-refractivity contribution >= 4 is 34.1 Å². The van der Waals surface area contributed by atoms with Crippen molar-refractivity contribution in [1.29, 1.82) is 0 Å². The maximum Gasteiger partial charge on any atom is 0.225 e. The highest BCUT2D eigenvalue weighted by atomic mass is 32.1. The Hall–Kier alpha value is -3.04. The van der Waals surface area contributed by atoms with Crippen molar-refractivity contribution in [1.82, 2.24) is 19.9 Å². The number of aliphatic hydroxyl groups is 1. The Balaban J connectivity index is 1.42. The van der Waals surface area contributed by atoms with E-state index in [1.807, 2.05) is 18.4 Å². The lowest BCUT2D eigenvalue weighted by Crippen LogP contribution is -2.43. The summed E-state index contributed by atoms with van der Waals surface area (Å²) in [6, 6.07) is 4.11. The van der Waals surface area contributed by atoms with Gasteiger partial charge in [-0.2, -0.15) is 4.98 Å². The molecular weight excluding hydrogens is 460 g/mol. The first kappa shape index (κ1) is 22.4. The molecule has 182 valence electrons. The number of anilines is 2. The number of thiazole rings is 1. The Morgan fingerprint density at radius 1 is 1.23 bits per heavy atom. The molecule has 2 aliphatic rings. The van der Waals surface area contributed by atoms with Gasteiger partial charge >= 0.3 is 0 Å². The first-order valence-corrected chi connectivity index (χ1v) is 13.1. The standard InChI is InChI=1S/C26H30N6O2S/c1-5-16-10-15-11-18(34-19(15)12-28-16)21-14(2)30-24(29-13-20-27-8-9-35-20)31-23(21)32-25(3)7-6-17-22(33)26(17,25)4/h8-12,17,22,33H,5-7,13H2,1-4H3,(H2,29,30,31,32). The fraction of sp³-hybridized carbons (Fsp3) is 0.462. The molecule has 0 saturated heterocycles. The predicted molar refractivity (Wildman–Crippen MR) is 137 cm³/mol. The van der Waals surface area contributed by atoms with Crippen molar-refractivity contribution in [3.05, 3.63) is 46.3 Å². The zero-order valence-electron chi connectivity index (χ0n) is 20.4. The molecule has 35 heavy (non-hydrogen) atoms. The molecule has 0 spiro atoms. The fourth-order valence-corrected chi connectivity index (χ4v) is 6.34. The van der Waals surface area contributed by atoms with Gasteiger partial charge in [0.05, 0.1) is 30.1 Å². The van der Waals surface area contributed by atoms with E-state index in [0.29, 0.717) is 30.0 Å². The number of nitrogens with zero attached hydrogens (tertiary/aromatic N) is 4. The quantitative estimate of drug-likeness (QED) is 0.325. The second-order valence-electron chi connectivity index (χ2n) is 10.1. The molecule has 0 radical (unpaired) electrons. The van der Waals surface area contributed by atoms with E-state index >= 15 is 0 Å². The maximum atomic E-state index is 10.6. The van der Waals surface area contributed by atoms with Crippen molar-refractivity contribution in [3.8, 4) is 11.3 Å². The number of nitrogens with one attached hydrogen (secondary N) is 2. The minimum absolute atomic E-state index is 0.175. The van der Waals surface area contributed by atoms with Crippen molar-refractivity contribution < 1.29 is 9.52 Å². The van der Waals surface area contributed by atoms with Gasteiger partial charge in [0.1, 0.15) is 16.6 Å². The van der Waals surface area contributed by atoms with Crippen LogP contribution in [-0.2, 0) is 13.0 Å². The van der Waals surface area contributed by atoms with Gasteiger partial charge in [-0.1, -0.05) is 13.8 Å². The van der Waals surface area contributed by atoms with Crippen LogP contribution >= 0.6 is 11.3 Å². The van der Waals surface area contributed by atoms with E-state index < -0.39 is 0 Å². The molecule has 2 aliphatic carbocycles. The summed E-state index contributed by atoms with van der Waals surface area (Å²) >= 11 is 1.59. The molecule has 6 rings (SSSR count). The van der Waals surface area contributed by atoms with Crippen LogP contribution in [0.25, 0.3) is 22.3 Å². The zero-order chi connectivity index (χ0) is 24.4. The van der Waals surface area contributed by atoms with Crippen molar-refractivity contribution in [2.24, 2.45) is 11.3 Å². The monoisotopic (exact) mass is 490 g/mol. The third kappa shape index (κ3) is 3.51. The minimum atomic E-state index is -0.290. The third-order valence-electron chi connectivity index (χ3n) is 8.24. The molecule has 9 heteroatoms. The molecule has 0 aromatic carbocycles. The van der Waals surface area contributed by atoms with Crippen LogP contribution in [0.5, 0.6) is 0 Å². The van der Waals surface area contributed by atoms with Gasteiger partial charge in [-0.15, -0.1) is 11.3 Å². The summed E-state index contributed by atoms with van der Waals surface area (Å²) in [5.41, 5.74) is 2.95. The Kier molecular flexibility index (Phi) is 5.12. The normalized spacial score (nSPS) is 27.2. The Morgan fingerprint density at radius 2 is 2.09 bits per heavy atom. The molecule has 4 heterocycles. The molecule has 0 amide bonds. The fourth-order valence-electron chi connectivity index (χ4n) is 5.78. The van der Waals surface area contributed by atoms with Crippen LogP contribution in [-0.4, -0.2) is 36.7 Å². The van der Waals surface area contributed by atoms with Crippen molar-refractivity contribution in [2.45, 2.75) is 65.1 Å². The highest BCUT2D eigenvalue weighted by molar-refractivity contribution is 7.09. The van der Waals surface area contributed by atoms with Gasteiger partial charge in [0.25, 0.3) is 0 Å². The molecule has 4 atom stereocenters. The first-order valence-electron chi connectivity index (χ1n) is 12.2. The number of aromatic nitrogens is 4. The van der Waals surface area contributed by atoms with Gasteiger partial charge < -0.3 is 20.2 Å². The summed E-state index contributed by atoms with van der Waals surface area (Å²) in [4.78, 5) is 18.5. The highest BCUT2D eigenvalue weighted by Crippen LogP contribution is 2.68. The Morgan fingerprint density at radius 3 is 2.80 bits per heavy atom. The minimum Gasteiger partial charge on any atom is -0.454 e.